The topological polar surface area (TPSA) is 78.9 Å². The Morgan fingerprint density at radius 1 is 1.10 bits per heavy atom. The molecule has 1 heterocycles. The average Bonchev–Trinajstić information content (AvgIpc) is 2.48. The van der Waals surface area contributed by atoms with Crippen molar-refractivity contribution in [1.29, 1.82) is 0 Å². The molecule has 1 unspecified atom stereocenters. The lowest BCUT2D eigenvalue weighted by atomic mass is 9.66. The molecular formula is C15H24O6. The molecule has 21 heavy (non-hydrogen) atoms. The van der Waals surface area contributed by atoms with Gasteiger partial charge in [0.15, 0.2) is 5.92 Å². The number of cyclic esters (lactones) is 1. The smallest absolute Gasteiger partial charge is 0.321 e. The Morgan fingerprint density at radius 3 is 1.81 bits per heavy atom. The highest BCUT2D eigenvalue weighted by molar-refractivity contribution is 6.00. The molecule has 1 atom stereocenters. The maximum Gasteiger partial charge on any atom is 0.321 e. The maximum atomic E-state index is 12.2. The van der Waals surface area contributed by atoms with Crippen LogP contribution in [0.1, 0.15) is 41.5 Å². The minimum absolute atomic E-state index is 0.125. The number of ether oxygens (including phenoxy) is 3. The Bertz CT molecular complexity index is 419. The molecule has 0 N–H and O–H groups in total. The number of hydrogen-bond acceptors (Lipinski definition) is 6. The molecular weight excluding hydrogens is 276 g/mol. The minimum Gasteiger partial charge on any atom is -0.465 e. The van der Waals surface area contributed by atoms with Gasteiger partial charge in [0.05, 0.1) is 19.1 Å². The summed E-state index contributed by atoms with van der Waals surface area (Å²) in [6, 6.07) is 0. The molecule has 0 aliphatic carbocycles. The van der Waals surface area contributed by atoms with Crippen molar-refractivity contribution in [3.63, 3.8) is 0 Å². The Kier molecular flexibility index (Phi) is 5.02. The van der Waals surface area contributed by atoms with Gasteiger partial charge in [-0.2, -0.15) is 0 Å². The van der Waals surface area contributed by atoms with Crippen LogP contribution in [0.25, 0.3) is 0 Å². The van der Waals surface area contributed by atoms with E-state index in [4.69, 9.17) is 14.2 Å². The fraction of sp³-hybridized carbons (Fsp3) is 0.800. The van der Waals surface area contributed by atoms with Gasteiger partial charge in [-0.15, -0.1) is 0 Å². The van der Waals surface area contributed by atoms with Crippen molar-refractivity contribution in [3.8, 4) is 0 Å². The summed E-state index contributed by atoms with van der Waals surface area (Å²) in [7, 11) is 0. The van der Waals surface area contributed by atoms with Crippen LogP contribution in [0.3, 0.4) is 0 Å². The second kappa shape index (κ2) is 6.03. The fourth-order valence-electron chi connectivity index (χ4n) is 2.50. The molecule has 1 aliphatic rings. The number of hydrogen-bond donors (Lipinski definition) is 0. The third-order valence-electron chi connectivity index (χ3n) is 4.35. The first-order valence-electron chi connectivity index (χ1n) is 7.16. The second-order valence-corrected chi connectivity index (χ2v) is 6.11. The van der Waals surface area contributed by atoms with E-state index in [9.17, 15) is 14.4 Å². The normalized spacial score (nSPS) is 22.8. The van der Waals surface area contributed by atoms with Crippen LogP contribution in [0.2, 0.25) is 0 Å². The van der Waals surface area contributed by atoms with Crippen LogP contribution in [-0.4, -0.2) is 36.7 Å². The first kappa shape index (κ1) is 17.5. The molecule has 0 saturated carbocycles. The summed E-state index contributed by atoms with van der Waals surface area (Å²) < 4.78 is 15.3. The summed E-state index contributed by atoms with van der Waals surface area (Å²) in [5, 5.41) is 0. The molecule has 0 radical (unpaired) electrons. The van der Waals surface area contributed by atoms with Crippen molar-refractivity contribution in [3.05, 3.63) is 0 Å². The van der Waals surface area contributed by atoms with Crippen LogP contribution in [0.5, 0.6) is 0 Å². The van der Waals surface area contributed by atoms with Crippen LogP contribution in [0.15, 0.2) is 0 Å². The Balaban J connectivity index is 3.22. The summed E-state index contributed by atoms with van der Waals surface area (Å²) in [5.41, 5.74) is -1.50. The van der Waals surface area contributed by atoms with Crippen molar-refractivity contribution < 1.29 is 28.6 Å². The van der Waals surface area contributed by atoms with Gasteiger partial charge in [-0.25, -0.2) is 0 Å². The minimum atomic E-state index is -1.30. The monoisotopic (exact) mass is 300 g/mol. The van der Waals surface area contributed by atoms with E-state index >= 15 is 0 Å². The SMILES string of the molecule is CCOC(=O)C(C(=O)OCC)C1C(=O)OC(C)(C)C1(C)C. The largest absolute Gasteiger partial charge is 0.465 e. The van der Waals surface area contributed by atoms with Gasteiger partial charge in [-0.05, 0) is 27.7 Å². The lowest BCUT2D eigenvalue weighted by molar-refractivity contribution is -0.169. The van der Waals surface area contributed by atoms with Gasteiger partial charge in [0.2, 0.25) is 0 Å². The standard InChI is InChI=1S/C15H24O6/c1-7-19-11(16)9(12(17)20-8-2)10-13(18)21-15(5,6)14(10,3)4/h9-10H,7-8H2,1-6H3. The van der Waals surface area contributed by atoms with E-state index in [-0.39, 0.29) is 13.2 Å². The average molecular weight is 300 g/mol. The molecule has 1 rings (SSSR count). The van der Waals surface area contributed by atoms with Crippen LogP contribution in [-0.2, 0) is 28.6 Å². The number of carbonyl (C=O) groups excluding carboxylic acids is 3. The first-order chi connectivity index (χ1) is 9.60. The van der Waals surface area contributed by atoms with Crippen molar-refractivity contribution in [2.24, 2.45) is 17.3 Å². The summed E-state index contributed by atoms with van der Waals surface area (Å²) in [6.07, 6.45) is 0. The summed E-state index contributed by atoms with van der Waals surface area (Å²) in [4.78, 5) is 36.5. The number of carbonyl (C=O) groups is 3. The molecule has 1 saturated heterocycles. The van der Waals surface area contributed by atoms with Crippen LogP contribution < -0.4 is 0 Å². The molecule has 120 valence electrons. The van der Waals surface area contributed by atoms with E-state index in [1.54, 1.807) is 41.5 Å². The lowest BCUT2D eigenvalue weighted by Gasteiger charge is -2.36. The van der Waals surface area contributed by atoms with Crippen LogP contribution in [0.4, 0.5) is 0 Å². The van der Waals surface area contributed by atoms with E-state index in [1.165, 1.54) is 0 Å². The second-order valence-electron chi connectivity index (χ2n) is 6.11. The van der Waals surface area contributed by atoms with Crippen molar-refractivity contribution in [1.82, 2.24) is 0 Å². The Morgan fingerprint density at radius 2 is 1.52 bits per heavy atom. The highest BCUT2D eigenvalue weighted by Crippen LogP contribution is 2.50. The van der Waals surface area contributed by atoms with E-state index in [2.05, 4.69) is 0 Å². The third kappa shape index (κ3) is 3.04. The highest BCUT2D eigenvalue weighted by Gasteiger charge is 2.62. The zero-order chi connectivity index (χ0) is 16.4. The van der Waals surface area contributed by atoms with Crippen molar-refractivity contribution in [2.75, 3.05) is 13.2 Å². The van der Waals surface area contributed by atoms with E-state index in [1.807, 2.05) is 0 Å². The van der Waals surface area contributed by atoms with Crippen LogP contribution >= 0.6 is 0 Å². The molecule has 1 aliphatic heterocycles. The summed E-state index contributed by atoms with van der Waals surface area (Å²) in [5.74, 6) is -4.29. The molecule has 0 aromatic rings. The molecule has 1 fully saturated rings. The Hall–Kier alpha value is -1.59. The fourth-order valence-corrected chi connectivity index (χ4v) is 2.50. The lowest BCUT2D eigenvalue weighted by Crippen LogP contribution is -2.46. The molecule has 0 spiro atoms. The number of rotatable bonds is 5. The third-order valence-corrected chi connectivity index (χ3v) is 4.35. The van der Waals surface area contributed by atoms with E-state index in [0.717, 1.165) is 0 Å². The van der Waals surface area contributed by atoms with Crippen molar-refractivity contribution >= 4 is 17.9 Å². The zero-order valence-corrected chi connectivity index (χ0v) is 13.5. The van der Waals surface area contributed by atoms with E-state index < -0.39 is 40.8 Å². The predicted molar refractivity (Wildman–Crippen MR) is 74.2 cm³/mol. The predicted octanol–water partition coefficient (Wildman–Crippen LogP) is 1.71. The van der Waals surface area contributed by atoms with Gasteiger partial charge in [0.1, 0.15) is 5.60 Å². The maximum absolute atomic E-state index is 12.2. The molecule has 0 aromatic heterocycles. The van der Waals surface area contributed by atoms with Gasteiger partial charge in [0.25, 0.3) is 0 Å². The highest BCUT2D eigenvalue weighted by atomic mass is 16.6. The molecule has 0 bridgehead atoms. The van der Waals surface area contributed by atoms with E-state index in [0.29, 0.717) is 0 Å². The number of esters is 3. The van der Waals surface area contributed by atoms with Crippen LogP contribution in [0, 0.1) is 17.3 Å². The zero-order valence-electron chi connectivity index (χ0n) is 13.5. The van der Waals surface area contributed by atoms with Crippen molar-refractivity contribution in [2.45, 2.75) is 47.1 Å². The van der Waals surface area contributed by atoms with Gasteiger partial charge < -0.3 is 14.2 Å². The van der Waals surface area contributed by atoms with Gasteiger partial charge in [-0.3, -0.25) is 14.4 Å². The summed E-state index contributed by atoms with van der Waals surface area (Å²) in [6.45, 7) is 10.7. The molecule has 6 nitrogen and oxygen atoms in total. The van der Waals surface area contributed by atoms with Gasteiger partial charge >= 0.3 is 17.9 Å². The first-order valence-corrected chi connectivity index (χ1v) is 7.16. The van der Waals surface area contributed by atoms with Gasteiger partial charge in [-0.1, -0.05) is 13.8 Å². The Labute approximate surface area is 125 Å². The summed E-state index contributed by atoms with van der Waals surface area (Å²) >= 11 is 0. The molecule has 0 aromatic carbocycles. The molecule has 6 heteroatoms. The molecule has 0 amide bonds. The quantitative estimate of drug-likeness (QED) is 0.437. The van der Waals surface area contributed by atoms with Gasteiger partial charge in [0, 0.05) is 5.41 Å².